The third kappa shape index (κ3) is 4.41. The number of hydrogen-bond donors (Lipinski definition) is 3. The van der Waals surface area contributed by atoms with Crippen LogP contribution in [0.1, 0.15) is 43.0 Å². The van der Waals surface area contributed by atoms with Crippen molar-refractivity contribution in [3.05, 3.63) is 64.2 Å². The van der Waals surface area contributed by atoms with Gasteiger partial charge in [0.1, 0.15) is 11.9 Å². The molecule has 31 heavy (non-hydrogen) atoms. The predicted molar refractivity (Wildman–Crippen MR) is 109 cm³/mol. The van der Waals surface area contributed by atoms with Gasteiger partial charge in [0, 0.05) is 24.2 Å². The number of alkyl halides is 2. The molecule has 10 heteroatoms. The maximum Gasteiger partial charge on any atom is 0.278 e. The molecule has 0 amide bonds. The van der Waals surface area contributed by atoms with Gasteiger partial charge in [0.05, 0.1) is 29.8 Å². The number of aliphatic hydroxyl groups excluding tert-OH is 2. The van der Waals surface area contributed by atoms with E-state index in [1.165, 1.54) is 41.2 Å². The fourth-order valence-electron chi connectivity index (χ4n) is 3.77. The highest BCUT2D eigenvalue weighted by molar-refractivity contribution is 5.60. The lowest BCUT2D eigenvalue weighted by Crippen LogP contribution is -2.41. The van der Waals surface area contributed by atoms with Gasteiger partial charge in [-0.3, -0.25) is 14.8 Å². The van der Waals surface area contributed by atoms with Crippen molar-refractivity contribution in [3.63, 3.8) is 0 Å². The van der Waals surface area contributed by atoms with Gasteiger partial charge >= 0.3 is 0 Å². The Morgan fingerprint density at radius 2 is 1.97 bits per heavy atom. The van der Waals surface area contributed by atoms with Gasteiger partial charge in [-0.2, -0.15) is 14.9 Å². The molecular formula is C21H23F2N5O3. The number of halogens is 2. The summed E-state index contributed by atoms with van der Waals surface area (Å²) in [5.74, 6) is 0. The molecule has 0 spiro atoms. The molecule has 0 saturated heterocycles. The lowest BCUT2D eigenvalue weighted by molar-refractivity contribution is 0.0778. The summed E-state index contributed by atoms with van der Waals surface area (Å²) in [6.45, 7) is 0. The Kier molecular flexibility index (Phi) is 5.94. The molecule has 3 N–H and O–H groups in total. The summed E-state index contributed by atoms with van der Waals surface area (Å²) in [6, 6.07) is 6.68. The second kappa shape index (κ2) is 8.66. The van der Waals surface area contributed by atoms with Gasteiger partial charge in [0.15, 0.2) is 0 Å². The van der Waals surface area contributed by atoms with Crippen LogP contribution in [-0.2, 0) is 7.05 Å². The minimum Gasteiger partial charge on any atom is -0.392 e. The maximum absolute atomic E-state index is 13.1. The fraction of sp³-hybridized carbons (Fsp3) is 0.381. The fourth-order valence-corrected chi connectivity index (χ4v) is 3.77. The first-order chi connectivity index (χ1) is 14.8. The molecule has 0 aliphatic heterocycles. The third-order valence-electron chi connectivity index (χ3n) is 5.48. The first kappa shape index (κ1) is 21.3. The van der Waals surface area contributed by atoms with Crippen LogP contribution in [0.5, 0.6) is 0 Å². The number of aromatic nitrogens is 4. The Balaban J connectivity index is 1.77. The Labute approximate surface area is 176 Å². The Hall–Kier alpha value is -2.95. The van der Waals surface area contributed by atoms with Crippen LogP contribution in [-0.4, -0.2) is 41.9 Å². The molecule has 0 bridgehead atoms. The van der Waals surface area contributed by atoms with E-state index in [1.807, 2.05) is 0 Å². The van der Waals surface area contributed by atoms with Crippen LogP contribution < -0.4 is 10.9 Å². The van der Waals surface area contributed by atoms with Crippen molar-refractivity contribution in [2.24, 2.45) is 7.05 Å². The number of aryl methyl sites for hydroxylation is 1. The minimum absolute atomic E-state index is 0.0332. The second-order valence-electron chi connectivity index (χ2n) is 7.67. The number of hydrogen-bond acceptors (Lipinski definition) is 6. The molecular weight excluding hydrogens is 408 g/mol. The van der Waals surface area contributed by atoms with Crippen molar-refractivity contribution >= 4 is 0 Å². The van der Waals surface area contributed by atoms with Gasteiger partial charge in [-0.25, -0.2) is 8.78 Å². The van der Waals surface area contributed by atoms with Crippen LogP contribution in [0.3, 0.4) is 0 Å². The van der Waals surface area contributed by atoms with E-state index in [0.29, 0.717) is 29.8 Å². The number of nitrogens with one attached hydrogen (secondary N) is 1. The predicted octanol–water partition coefficient (Wildman–Crippen LogP) is 2.06. The zero-order valence-corrected chi connectivity index (χ0v) is 16.8. The van der Waals surface area contributed by atoms with Crippen molar-refractivity contribution in [1.82, 2.24) is 24.9 Å². The van der Waals surface area contributed by atoms with Gasteiger partial charge in [0.2, 0.25) is 0 Å². The quantitative estimate of drug-likeness (QED) is 0.516. The third-order valence-corrected chi connectivity index (χ3v) is 5.48. The molecule has 2 heterocycles. The van der Waals surface area contributed by atoms with E-state index in [0.717, 1.165) is 11.1 Å². The Bertz CT molecular complexity index is 1110. The SMILES string of the molecule is Cn1cc(-n2nc(-c3ccc(C(F)F)cc3)cc(C(O)N[C@H]3CCC[C@@H]3O)c2=O)cn1. The summed E-state index contributed by atoms with van der Waals surface area (Å²) in [5.41, 5.74) is 0.595. The highest BCUT2D eigenvalue weighted by atomic mass is 19.3. The van der Waals surface area contributed by atoms with Gasteiger partial charge in [0.25, 0.3) is 12.0 Å². The van der Waals surface area contributed by atoms with Crippen molar-refractivity contribution in [1.29, 1.82) is 0 Å². The summed E-state index contributed by atoms with van der Waals surface area (Å²) in [5, 5.41) is 32.2. The van der Waals surface area contributed by atoms with E-state index in [2.05, 4.69) is 15.5 Å². The molecule has 2 aromatic heterocycles. The molecule has 0 radical (unpaired) electrons. The van der Waals surface area contributed by atoms with Crippen LogP contribution in [0.4, 0.5) is 8.78 Å². The first-order valence-electron chi connectivity index (χ1n) is 9.97. The highest BCUT2D eigenvalue weighted by Crippen LogP contribution is 2.25. The van der Waals surface area contributed by atoms with Crippen LogP contribution in [0.25, 0.3) is 16.9 Å². The summed E-state index contributed by atoms with van der Waals surface area (Å²) in [6.07, 6.45) is 0.665. The van der Waals surface area contributed by atoms with Crippen molar-refractivity contribution in [2.45, 2.75) is 44.1 Å². The average Bonchev–Trinajstić information content (AvgIpc) is 3.36. The molecule has 164 valence electrons. The van der Waals surface area contributed by atoms with Gasteiger partial charge < -0.3 is 10.2 Å². The average molecular weight is 431 g/mol. The molecule has 3 aromatic rings. The highest BCUT2D eigenvalue weighted by Gasteiger charge is 2.28. The first-order valence-corrected chi connectivity index (χ1v) is 9.97. The topological polar surface area (TPSA) is 105 Å². The van der Waals surface area contributed by atoms with Gasteiger partial charge in [-0.1, -0.05) is 24.3 Å². The summed E-state index contributed by atoms with van der Waals surface area (Å²) in [7, 11) is 1.69. The van der Waals surface area contributed by atoms with Crippen LogP contribution in [0.2, 0.25) is 0 Å². The standard InChI is InChI=1S/C21H23F2N5O3/c1-27-11-14(10-24-27)28-21(31)15(20(30)25-16-3-2-4-18(16)29)9-17(26-28)12-5-7-13(8-6-12)19(22)23/h5-11,16,18-20,25,29-30H,2-4H2,1H3/t16-,18-,20?/m0/s1. The van der Waals surface area contributed by atoms with Crippen LogP contribution in [0.15, 0.2) is 47.5 Å². The van der Waals surface area contributed by atoms with E-state index in [-0.39, 0.29) is 17.2 Å². The zero-order valence-electron chi connectivity index (χ0n) is 16.8. The summed E-state index contributed by atoms with van der Waals surface area (Å²) < 4.78 is 28.4. The molecule has 3 atom stereocenters. The van der Waals surface area contributed by atoms with E-state index in [9.17, 15) is 23.8 Å². The van der Waals surface area contributed by atoms with Crippen molar-refractivity contribution in [3.8, 4) is 16.9 Å². The molecule has 1 aromatic carbocycles. The molecule has 8 nitrogen and oxygen atoms in total. The lowest BCUT2D eigenvalue weighted by Gasteiger charge is -2.21. The summed E-state index contributed by atoms with van der Waals surface area (Å²) >= 11 is 0. The molecule has 1 aliphatic carbocycles. The van der Waals surface area contributed by atoms with Crippen LogP contribution >= 0.6 is 0 Å². The lowest BCUT2D eigenvalue weighted by atomic mass is 10.1. The maximum atomic E-state index is 13.1. The van der Waals surface area contributed by atoms with E-state index < -0.39 is 24.3 Å². The monoisotopic (exact) mass is 431 g/mol. The van der Waals surface area contributed by atoms with E-state index >= 15 is 0 Å². The van der Waals surface area contributed by atoms with Crippen molar-refractivity contribution in [2.75, 3.05) is 0 Å². The smallest absolute Gasteiger partial charge is 0.278 e. The number of nitrogens with zero attached hydrogens (tertiary/aromatic N) is 4. The number of aliphatic hydroxyl groups is 2. The minimum atomic E-state index is -2.59. The van der Waals surface area contributed by atoms with Crippen molar-refractivity contribution < 1.29 is 19.0 Å². The van der Waals surface area contributed by atoms with Gasteiger partial charge in [-0.05, 0) is 25.3 Å². The molecule has 1 fully saturated rings. The molecule has 1 aliphatic rings. The summed E-state index contributed by atoms with van der Waals surface area (Å²) in [4.78, 5) is 13.1. The largest absolute Gasteiger partial charge is 0.392 e. The number of benzene rings is 1. The Morgan fingerprint density at radius 3 is 2.55 bits per heavy atom. The normalized spacial score (nSPS) is 19.8. The molecule has 4 rings (SSSR count). The molecule has 1 saturated carbocycles. The zero-order chi connectivity index (χ0) is 22.1. The Morgan fingerprint density at radius 1 is 1.23 bits per heavy atom. The van der Waals surface area contributed by atoms with Gasteiger partial charge in [-0.15, -0.1) is 0 Å². The van der Waals surface area contributed by atoms with E-state index in [4.69, 9.17) is 0 Å². The second-order valence-corrected chi connectivity index (χ2v) is 7.67. The molecule has 1 unspecified atom stereocenters. The van der Waals surface area contributed by atoms with E-state index in [1.54, 1.807) is 13.2 Å². The van der Waals surface area contributed by atoms with Crippen LogP contribution in [0, 0.1) is 0 Å². The number of rotatable bonds is 6.